The molecular formula is C31H38. The molecule has 5 rings (SSSR count). The molecule has 162 valence electrons. The van der Waals surface area contributed by atoms with Gasteiger partial charge in [-0.2, -0.15) is 0 Å². The van der Waals surface area contributed by atoms with E-state index in [1.54, 1.807) is 11.1 Å². The molecule has 0 heterocycles. The van der Waals surface area contributed by atoms with Crippen LogP contribution in [0.5, 0.6) is 0 Å². The highest BCUT2D eigenvalue weighted by atomic mass is 14.5. The van der Waals surface area contributed by atoms with Gasteiger partial charge in [0.2, 0.25) is 0 Å². The summed E-state index contributed by atoms with van der Waals surface area (Å²) >= 11 is 0. The van der Waals surface area contributed by atoms with Gasteiger partial charge in [0.1, 0.15) is 0 Å². The first kappa shape index (κ1) is 20.8. The van der Waals surface area contributed by atoms with Crippen molar-refractivity contribution in [2.24, 2.45) is 5.92 Å². The Kier molecular flexibility index (Phi) is 4.67. The smallest absolute Gasteiger partial charge is 0.00537 e. The van der Waals surface area contributed by atoms with Crippen molar-refractivity contribution in [3.05, 3.63) is 82.5 Å². The third-order valence-electron chi connectivity index (χ3n) is 8.17. The first-order valence-electron chi connectivity index (χ1n) is 12.3. The van der Waals surface area contributed by atoms with Crippen molar-refractivity contribution in [2.45, 2.75) is 89.9 Å². The van der Waals surface area contributed by atoms with Crippen LogP contribution in [0, 0.1) is 5.92 Å². The van der Waals surface area contributed by atoms with Crippen molar-refractivity contribution in [2.75, 3.05) is 0 Å². The van der Waals surface area contributed by atoms with E-state index < -0.39 is 0 Å². The molecule has 31 heavy (non-hydrogen) atoms. The van der Waals surface area contributed by atoms with Crippen LogP contribution in [0.3, 0.4) is 0 Å². The fourth-order valence-corrected chi connectivity index (χ4v) is 6.21. The fourth-order valence-electron chi connectivity index (χ4n) is 6.21. The van der Waals surface area contributed by atoms with Gasteiger partial charge in [-0.05, 0) is 69.0 Å². The molecule has 2 aromatic carbocycles. The summed E-state index contributed by atoms with van der Waals surface area (Å²) in [5.41, 5.74) is 11.3. The maximum Gasteiger partial charge on any atom is 0.00537 e. The predicted molar refractivity (Wildman–Crippen MR) is 134 cm³/mol. The van der Waals surface area contributed by atoms with E-state index in [1.807, 2.05) is 0 Å². The van der Waals surface area contributed by atoms with Crippen molar-refractivity contribution in [1.82, 2.24) is 0 Å². The Morgan fingerprint density at radius 3 is 1.97 bits per heavy atom. The molecule has 0 aliphatic heterocycles. The summed E-state index contributed by atoms with van der Waals surface area (Å²) in [6.45, 7) is 14.1. The first-order chi connectivity index (χ1) is 14.6. The molecule has 0 bridgehead atoms. The Balaban J connectivity index is 1.76. The van der Waals surface area contributed by atoms with Gasteiger partial charge in [0.15, 0.2) is 0 Å². The topological polar surface area (TPSA) is 0 Å². The molecule has 0 aromatic heterocycles. The Labute approximate surface area is 189 Å². The molecule has 0 saturated heterocycles. The van der Waals surface area contributed by atoms with E-state index in [-0.39, 0.29) is 16.2 Å². The van der Waals surface area contributed by atoms with Gasteiger partial charge in [-0.1, -0.05) is 109 Å². The summed E-state index contributed by atoms with van der Waals surface area (Å²) in [6, 6.07) is 12.4. The van der Waals surface area contributed by atoms with Gasteiger partial charge in [0.05, 0.1) is 0 Å². The molecule has 1 fully saturated rings. The second kappa shape index (κ2) is 6.96. The lowest BCUT2D eigenvalue weighted by Gasteiger charge is -2.37. The number of hydrogen-bond donors (Lipinski definition) is 0. The molecule has 0 N–H and O–H groups in total. The van der Waals surface area contributed by atoms with Crippen molar-refractivity contribution < 1.29 is 0 Å². The van der Waals surface area contributed by atoms with E-state index in [4.69, 9.17) is 0 Å². The Hall–Kier alpha value is -2.08. The van der Waals surface area contributed by atoms with Crippen LogP contribution in [-0.2, 0) is 22.7 Å². The number of allylic oxidation sites excluding steroid dienone is 4. The monoisotopic (exact) mass is 410 g/mol. The van der Waals surface area contributed by atoms with E-state index in [1.165, 1.54) is 53.5 Å². The summed E-state index contributed by atoms with van der Waals surface area (Å²) in [4.78, 5) is 0. The zero-order chi connectivity index (χ0) is 22.0. The normalized spacial score (nSPS) is 19.8. The Morgan fingerprint density at radius 2 is 1.35 bits per heavy atom. The molecular weight excluding hydrogens is 372 g/mol. The third kappa shape index (κ3) is 3.34. The second-order valence-electron chi connectivity index (χ2n) is 12.3. The van der Waals surface area contributed by atoms with Crippen LogP contribution in [-0.4, -0.2) is 0 Å². The molecule has 0 spiro atoms. The summed E-state index contributed by atoms with van der Waals surface area (Å²) in [5, 5.41) is 0. The lowest BCUT2D eigenvalue weighted by Crippen LogP contribution is -2.31. The maximum atomic E-state index is 2.61. The molecule has 2 aromatic rings. The van der Waals surface area contributed by atoms with Crippen LogP contribution in [0.15, 0.2) is 54.6 Å². The molecule has 1 saturated carbocycles. The van der Waals surface area contributed by atoms with E-state index in [0.717, 1.165) is 6.42 Å². The van der Waals surface area contributed by atoms with Gasteiger partial charge in [-0.3, -0.25) is 0 Å². The Bertz CT molecular complexity index is 1060. The highest BCUT2D eigenvalue weighted by molar-refractivity contribution is 5.80. The molecule has 0 nitrogen and oxygen atoms in total. The Morgan fingerprint density at radius 1 is 0.742 bits per heavy atom. The minimum absolute atomic E-state index is 0.148. The molecule has 0 unspecified atom stereocenters. The predicted octanol–water partition coefficient (Wildman–Crippen LogP) is 8.41. The lowest BCUT2D eigenvalue weighted by atomic mass is 9.66. The standard InChI is InChI=1S/C31H38/c1-29(2,3)23-14-13-21-17-27-26(25(21)18-23)19-24(30(4,5)6)20-28(27)31(15-9-10-16-31)22-11-7-8-12-22/h7-8,11-14,18-20,22H,9-10,15-17H2,1-6H3. The van der Waals surface area contributed by atoms with Crippen molar-refractivity contribution in [3.8, 4) is 11.1 Å². The quantitative estimate of drug-likeness (QED) is 0.398. The molecule has 0 radical (unpaired) electrons. The lowest BCUT2D eigenvalue weighted by molar-refractivity contribution is 0.373. The molecule has 0 heteroatoms. The zero-order valence-electron chi connectivity index (χ0n) is 20.3. The second-order valence-corrected chi connectivity index (χ2v) is 12.3. The third-order valence-corrected chi connectivity index (χ3v) is 8.17. The van der Waals surface area contributed by atoms with Crippen LogP contribution in [0.25, 0.3) is 11.1 Å². The SMILES string of the molecule is CC(C)(C)c1ccc2c(c1)-c1cc(C(C)(C)C)cc(C3(C4C=CC=C4)CCCC3)c1C2. The van der Waals surface area contributed by atoms with Crippen molar-refractivity contribution in [3.63, 3.8) is 0 Å². The molecule has 3 aliphatic carbocycles. The summed E-state index contributed by atoms with van der Waals surface area (Å²) < 4.78 is 0. The highest BCUT2D eigenvalue weighted by Gasteiger charge is 2.44. The highest BCUT2D eigenvalue weighted by Crippen LogP contribution is 2.54. The zero-order valence-corrected chi connectivity index (χ0v) is 20.3. The minimum Gasteiger partial charge on any atom is -0.0767 e. The minimum atomic E-state index is 0.148. The number of fused-ring (bicyclic) bond motifs is 3. The maximum absolute atomic E-state index is 2.61. The van der Waals surface area contributed by atoms with Crippen LogP contribution in [0.1, 0.15) is 95.0 Å². The summed E-state index contributed by atoms with van der Waals surface area (Å²) in [7, 11) is 0. The summed E-state index contributed by atoms with van der Waals surface area (Å²) in [6.07, 6.45) is 15.9. The van der Waals surface area contributed by atoms with E-state index in [2.05, 4.69) is 96.2 Å². The van der Waals surface area contributed by atoms with Gasteiger partial charge in [0.25, 0.3) is 0 Å². The van der Waals surface area contributed by atoms with Gasteiger partial charge < -0.3 is 0 Å². The fraction of sp³-hybridized carbons (Fsp3) is 0.484. The average Bonchev–Trinajstić information content (AvgIpc) is 3.44. The van der Waals surface area contributed by atoms with E-state index in [9.17, 15) is 0 Å². The van der Waals surface area contributed by atoms with Crippen LogP contribution >= 0.6 is 0 Å². The van der Waals surface area contributed by atoms with Gasteiger partial charge >= 0.3 is 0 Å². The van der Waals surface area contributed by atoms with Crippen molar-refractivity contribution in [1.29, 1.82) is 0 Å². The van der Waals surface area contributed by atoms with Gasteiger partial charge in [0, 0.05) is 11.3 Å². The number of benzene rings is 2. The van der Waals surface area contributed by atoms with Gasteiger partial charge in [-0.25, -0.2) is 0 Å². The number of hydrogen-bond acceptors (Lipinski definition) is 0. The van der Waals surface area contributed by atoms with Crippen molar-refractivity contribution >= 4 is 0 Å². The van der Waals surface area contributed by atoms with Crippen LogP contribution in [0.2, 0.25) is 0 Å². The molecule has 3 aliphatic rings. The summed E-state index contributed by atoms with van der Waals surface area (Å²) in [5.74, 6) is 0.545. The largest absolute Gasteiger partial charge is 0.0767 e. The molecule has 0 amide bonds. The van der Waals surface area contributed by atoms with Crippen LogP contribution in [0.4, 0.5) is 0 Å². The first-order valence-corrected chi connectivity index (χ1v) is 12.3. The van der Waals surface area contributed by atoms with Gasteiger partial charge in [-0.15, -0.1) is 0 Å². The molecule has 0 atom stereocenters. The average molecular weight is 411 g/mol. The van der Waals surface area contributed by atoms with Crippen LogP contribution < -0.4 is 0 Å². The number of rotatable bonds is 2. The van der Waals surface area contributed by atoms with E-state index >= 15 is 0 Å². The van der Waals surface area contributed by atoms with E-state index in [0.29, 0.717) is 5.92 Å².